The average Bonchev–Trinajstić information content (AvgIpc) is 1.63. The third-order valence-corrected chi connectivity index (χ3v) is 35.2. The number of hydrogen-bond donors (Lipinski definition) is 7. The van der Waals surface area contributed by atoms with E-state index < -0.39 is 275 Å². The van der Waals surface area contributed by atoms with Gasteiger partial charge in [0.15, 0.2) is 41.2 Å². The van der Waals surface area contributed by atoms with Crippen molar-refractivity contribution in [3.05, 3.63) is 158 Å². The summed E-state index contributed by atoms with van der Waals surface area (Å²) in [6.07, 6.45) is -17.3. The molecule has 0 amide bonds. The molecule has 0 radical (unpaired) electrons. The highest BCUT2D eigenvalue weighted by molar-refractivity contribution is 8.32. The number of fused-ring (bicyclic) bond motifs is 3. The number of nitrogen functional groups attached to an aromatic ring is 4. The van der Waals surface area contributed by atoms with Gasteiger partial charge in [0.1, 0.15) is 162 Å². The molecule has 28 atom stereocenters. The number of anilines is 4. The second-order valence-corrected chi connectivity index (χ2v) is 52.8. The van der Waals surface area contributed by atoms with E-state index in [-0.39, 0.29) is 88.0 Å². The van der Waals surface area contributed by atoms with Gasteiger partial charge in [-0.1, -0.05) is 77.8 Å². The van der Waals surface area contributed by atoms with Gasteiger partial charge in [0.2, 0.25) is 0 Å². The first-order valence-electron chi connectivity index (χ1n) is 43.5. The number of nitrogens with one attached hydrogen (secondary N) is 3. The Morgan fingerprint density at radius 1 is 0.359 bits per heavy atom. The lowest BCUT2D eigenvalue weighted by atomic mass is 10.1. The van der Waals surface area contributed by atoms with Crippen molar-refractivity contribution in [2.24, 2.45) is 0 Å². The Bertz CT molecular complexity index is 7400. The van der Waals surface area contributed by atoms with Crippen LogP contribution < -0.4 is 91.7 Å². The molecule has 0 spiro atoms. The fourth-order valence-corrected chi connectivity index (χ4v) is 26.7. The number of nitrogens with two attached hydrogens (primary N) is 4. The Hall–Kier alpha value is -6.83. The Morgan fingerprint density at radius 2 is 0.607 bits per heavy atom. The summed E-state index contributed by atoms with van der Waals surface area (Å²) in [6, 6.07) is 0. The van der Waals surface area contributed by atoms with Crippen molar-refractivity contribution in [1.82, 2.24) is 96.8 Å². The second-order valence-electron chi connectivity index (χ2n) is 33.7. The van der Waals surface area contributed by atoms with Gasteiger partial charge in [-0.2, -0.15) is 4.98 Å². The molecule has 17 heterocycles. The van der Waals surface area contributed by atoms with Crippen LogP contribution in [0.15, 0.2) is 96.3 Å². The number of aromatic amines is 3. The number of aryl methyl sites for hydroxylation is 4. The van der Waals surface area contributed by atoms with Gasteiger partial charge in [0.25, 0.3) is 16.7 Å². The molecule has 73 heteroatoms. The number of aromatic nitrogens is 20. The van der Waals surface area contributed by atoms with Crippen LogP contribution in [-0.4, -0.2) is 229 Å². The minimum Gasteiger partial charge on any atom is -0.780 e. The summed E-state index contributed by atoms with van der Waals surface area (Å²) in [5.41, 5.74) is 19.8. The fourth-order valence-electron chi connectivity index (χ4n) is 16.9. The molecule has 17 rings (SSSR count). The summed E-state index contributed by atoms with van der Waals surface area (Å²) in [5.74, 6) is 0.0251. The summed E-state index contributed by atoms with van der Waals surface area (Å²) in [7, 11) is 1.03. The van der Waals surface area contributed by atoms with Crippen molar-refractivity contribution in [2.45, 2.75) is 215 Å². The van der Waals surface area contributed by atoms with E-state index >= 15 is 0 Å². The highest BCUT2D eigenvalue weighted by Gasteiger charge is 2.50. The van der Waals surface area contributed by atoms with E-state index in [1.54, 1.807) is 11.5 Å². The molecule has 10 aromatic heterocycles. The van der Waals surface area contributed by atoms with E-state index in [1.165, 1.54) is 67.7 Å². The van der Waals surface area contributed by atoms with Crippen LogP contribution in [0.5, 0.6) is 0 Å². The van der Waals surface area contributed by atoms with Crippen molar-refractivity contribution >= 4 is 187 Å². The Morgan fingerprint density at radius 3 is 0.897 bits per heavy atom. The fraction of sp³-hybridized carbons (Fsp3) is 0.569. The lowest BCUT2D eigenvalue weighted by Gasteiger charge is -2.36. The first-order valence-corrected chi connectivity index (χ1v) is 61.4. The maximum absolute atomic E-state index is 15.0. The van der Waals surface area contributed by atoms with Crippen LogP contribution in [0.3, 0.4) is 0 Å². The van der Waals surface area contributed by atoms with Gasteiger partial charge >= 0.3 is 22.8 Å². The predicted molar refractivity (Wildman–Crippen MR) is 513 cm³/mol. The van der Waals surface area contributed by atoms with Crippen LogP contribution in [0.25, 0.3) is 33.5 Å². The summed E-state index contributed by atoms with van der Waals surface area (Å²) < 4.78 is 149. The molecule has 7 aliphatic rings. The molecule has 790 valence electrons. The van der Waals surface area contributed by atoms with Crippen LogP contribution in [0.2, 0.25) is 0 Å². The molecule has 7 unspecified atom stereocenters. The highest BCUT2D eigenvalue weighted by Crippen LogP contribution is 2.57. The van der Waals surface area contributed by atoms with Crippen molar-refractivity contribution in [3.63, 3.8) is 0 Å². The molecular formula is C72H88N24O35P7S7-7. The van der Waals surface area contributed by atoms with Crippen LogP contribution in [-0.2, 0) is 184 Å². The van der Waals surface area contributed by atoms with Crippen molar-refractivity contribution in [3.8, 4) is 0 Å². The normalized spacial score (nSPS) is 29.6. The molecule has 0 aliphatic carbocycles. The summed E-state index contributed by atoms with van der Waals surface area (Å²) in [6.45, 7) is -31.1. The van der Waals surface area contributed by atoms with E-state index in [0.29, 0.717) is 23.1 Å². The van der Waals surface area contributed by atoms with Gasteiger partial charge < -0.3 is 161 Å². The van der Waals surface area contributed by atoms with Gasteiger partial charge in [-0.05, 0) is 34.1 Å². The molecule has 0 saturated carbocycles. The van der Waals surface area contributed by atoms with Gasteiger partial charge in [0, 0.05) is 99.1 Å². The SMILES string of the molecule is CC[C@H]1O[C@@H](n2cnc3c(N)ncnc32)C[C@H]1OP([O-])(=S)OC[C@H]1O[C@@H](n2cnc3c(N)ncnc32)C[C@H]1OP(=O)([S-])OC[C@H]1O[C@@H](n2cc(C)c(=O)[nH]c2=O)C[C@H]1OP([O-])(=S)OC[C@H]1O[C@@H](n2cc(C)c(=O)[nH]c2=O)C[C@H]1OP([O-])(=S)OC[C@H]1O[C@@H](n2cnc3c(N)ncnc32)C[C@H]1OP([O-])(=S)OC[C@H]1O[C@@H](n2cc(C)c(=O)[nH]c2=O)C[C@H]1OP([O-])(=S)OC[C@H]1O[C@@H](n2cc(C)c(N)nc2=O)C[C@H]1OP([O-])(=S)OC. The third-order valence-electron chi connectivity index (χ3n) is 24.1. The van der Waals surface area contributed by atoms with Gasteiger partial charge in [0.05, 0.1) is 107 Å². The Kier molecular flexibility index (Phi) is 33.3. The first kappa shape index (κ1) is 109. The first-order chi connectivity index (χ1) is 68.4. The molecule has 7 saturated heterocycles. The van der Waals surface area contributed by atoms with Crippen LogP contribution in [0, 0.1) is 27.7 Å². The van der Waals surface area contributed by atoms with Crippen molar-refractivity contribution in [1.29, 1.82) is 0 Å². The molecular weight excluding hydrogens is 2200 g/mol. The monoisotopic (exact) mass is 2290 g/mol. The Labute approximate surface area is 851 Å². The lowest BCUT2D eigenvalue weighted by molar-refractivity contribution is -0.221. The molecule has 59 nitrogen and oxygen atoms in total. The minimum atomic E-state index is -5.05. The van der Waals surface area contributed by atoms with E-state index in [1.807, 2.05) is 6.92 Å². The highest BCUT2D eigenvalue weighted by atomic mass is 32.7. The standard InChI is InChI=1S/C72H95N24O35P7S7/c1-7-35-36(8-53(118-35)94-28-83-56-60(74)77-25-80-63(56)94)126-133(105,140)112-23-47-41(13-54(123-47)95-29-84-57-61(75)78-26-81-64(57)95)130-137(109,144)115-22-46-39(11-51(122-46)92-17-33(4)67(98)88-71(92)102)128-135(107,142)114-20-44-40(12-52(120-44)93-18-34(5)68(99)89-72(93)103)129-136(108,143)117-24-48-42(14-55(124-48)96-30-85-58-62(76)79-27-82-65(58)96)131-138(110,145)116-21-45-38(10-50(121-45)91-16-32(3)66(97)87-70(91)101)127-134(106,141)113-19-43-37(125-132(104,139)111-6)9-49(119-43)90-15-31(2)59(73)86-69(90)100/h15-18,25-30,35-55H,7-14,19-24H2,1-6H3,(H,104,139)(H,105,140)(H,106,141)(H,107,142)(H,108,143)(H,109,144)(H,110,145)(H2,73,86,100)(H2,74,77,80)(H2,75,78,81)(H2,76,79,82)(H,87,97,101)(H,88,98,102)(H,89,99,103)/p-7/t35-,36-,37-,38-,39-,40-,41-,42-,43-,44-,45-,46-,47-,48-,49-,50-,51-,52-,53-,54-,55-,132?,133?,134?,135?,136?,137?,138?/m1/s1. The summed E-state index contributed by atoms with van der Waals surface area (Å²) >= 11 is 38.1. The Balaban J connectivity index is 0.579. The number of imidazole rings is 3. The molecule has 145 heavy (non-hydrogen) atoms. The zero-order chi connectivity index (χ0) is 104. The van der Waals surface area contributed by atoms with Crippen molar-refractivity contribution in [2.75, 3.05) is 69.7 Å². The molecule has 11 N–H and O–H groups in total. The van der Waals surface area contributed by atoms with Gasteiger partial charge in [-0.3, -0.25) is 65.9 Å². The summed E-state index contributed by atoms with van der Waals surface area (Å²) in [4.78, 5) is 227. The van der Waals surface area contributed by atoms with Gasteiger partial charge in [-0.25, -0.2) is 64.0 Å². The maximum Gasteiger partial charge on any atom is 0.351 e. The number of rotatable bonds is 41. The smallest absolute Gasteiger partial charge is 0.351 e. The van der Waals surface area contributed by atoms with Crippen LogP contribution >= 0.6 is 47.1 Å². The zero-order valence-corrected chi connectivity index (χ0v) is 88.0. The number of hydrogen-bond acceptors (Lipinski definition) is 56. The van der Waals surface area contributed by atoms with Crippen LogP contribution in [0.1, 0.15) is 124 Å². The topological polar surface area (TPSA) is 784 Å². The van der Waals surface area contributed by atoms with E-state index in [9.17, 15) is 67.5 Å². The molecule has 7 aliphatic heterocycles. The second kappa shape index (κ2) is 44.1. The molecule has 0 aromatic carbocycles. The number of nitrogens with zero attached hydrogens (tertiary/aromatic N) is 17. The quantitative estimate of drug-likeness (QED) is 0.0161. The average molecular weight is 2290 g/mol. The maximum atomic E-state index is 15.0. The van der Waals surface area contributed by atoms with E-state index in [0.717, 1.165) is 50.3 Å². The summed E-state index contributed by atoms with van der Waals surface area (Å²) in [5, 5.41) is 0. The number of H-pyrrole nitrogens is 3. The third kappa shape index (κ3) is 25.4. The number of ether oxygens (including phenoxy) is 7. The van der Waals surface area contributed by atoms with E-state index in [4.69, 9.17) is 203 Å². The van der Waals surface area contributed by atoms with E-state index in [2.05, 4.69) is 64.8 Å². The minimum absolute atomic E-state index is 0.00562. The molecule has 0 bridgehead atoms. The van der Waals surface area contributed by atoms with Crippen LogP contribution in [0.4, 0.5) is 23.3 Å². The molecule has 10 aromatic rings. The van der Waals surface area contributed by atoms with Crippen molar-refractivity contribution < 1.29 is 130 Å². The zero-order valence-electron chi connectivity index (χ0n) is 76.0. The largest absolute Gasteiger partial charge is 0.780 e. The van der Waals surface area contributed by atoms with Gasteiger partial charge in [-0.15, -0.1) is 0 Å². The molecule has 7 fully saturated rings. The predicted octanol–water partition coefficient (Wildman–Crippen LogP) is -2.00. The lowest BCUT2D eigenvalue weighted by Crippen LogP contribution is -2.34.